The Morgan fingerprint density at radius 1 is 0.988 bits per heavy atom. The average molecular weight is 1230 g/mol. The van der Waals surface area contributed by atoms with Gasteiger partial charge in [-0.25, -0.2) is 38.1 Å². The molecule has 1 unspecified atom stereocenters. The highest BCUT2D eigenvalue weighted by molar-refractivity contribution is 8.07. The zero-order chi connectivity index (χ0) is 60.4. The predicted molar refractivity (Wildman–Crippen MR) is 297 cm³/mol. The summed E-state index contributed by atoms with van der Waals surface area (Å²) in [5.41, 5.74) is 0.199. The van der Waals surface area contributed by atoms with Crippen LogP contribution in [0.2, 0.25) is 0 Å². The van der Waals surface area contributed by atoms with Crippen LogP contribution in [0.5, 0.6) is 0 Å². The van der Waals surface area contributed by atoms with Crippen LogP contribution < -0.4 is 31.5 Å². The maximum atomic E-state index is 16.3. The Labute approximate surface area is 482 Å². The van der Waals surface area contributed by atoms with Crippen LogP contribution >= 0.6 is 6.72 Å². The number of carbonyl (C=O) groups excluding carboxylic acids is 5. The summed E-state index contributed by atoms with van der Waals surface area (Å²) in [6.45, 7) is 6.06. The molecule has 6 aromatic rings. The summed E-state index contributed by atoms with van der Waals surface area (Å²) >= 11 is 5.28. The number of anilines is 2. The van der Waals surface area contributed by atoms with Crippen LogP contribution in [0.3, 0.4) is 0 Å². The minimum Gasteiger partial charge on any atom is -0.445 e. The molecule has 0 saturated carbocycles. The van der Waals surface area contributed by atoms with Crippen molar-refractivity contribution in [1.29, 1.82) is 0 Å². The smallest absolute Gasteiger partial charge is 0.410 e. The molecule has 3 aliphatic heterocycles. The van der Waals surface area contributed by atoms with Crippen LogP contribution in [0.4, 0.5) is 25.6 Å². The molecule has 3 aliphatic rings. The molecule has 2 bridgehead atoms. The SMILES string of the molecule is C=C(C)[C@H](NC(=O)OC(C)(C)C)C(=O)N[C@@H](C)C(=O)Nc1ccc(COC(=O)N(C)Cc2ccccc2C(=O)Nc2nc3c(ncn3[C@@H]3O[C@@H]4COP(O)(=S)O[C@H]5[C@@H](F)[C@H](n6cnc7cncnc76)O[C@@H]5CNS(=O)(=O)O[C@@H]3C4)c(=O)[nH]2)cc1. The maximum absolute atomic E-state index is 16.3. The lowest BCUT2D eigenvalue weighted by atomic mass is 10.1. The minimum absolute atomic E-state index is 0.0829. The molecule has 9 rings (SSSR count). The summed E-state index contributed by atoms with van der Waals surface area (Å²) in [5, 5.41) is 10.3. The number of rotatable bonds is 14. The van der Waals surface area contributed by atoms with E-state index >= 15 is 4.39 Å². The monoisotopic (exact) mass is 1220 g/mol. The van der Waals surface area contributed by atoms with Crippen molar-refractivity contribution in [3.05, 3.63) is 113 Å². The number of benzene rings is 2. The molecule has 2 aromatic carbocycles. The van der Waals surface area contributed by atoms with E-state index in [1.165, 1.54) is 52.9 Å². The number of imidazole rings is 2. The van der Waals surface area contributed by atoms with E-state index in [1.54, 1.807) is 70.2 Å². The van der Waals surface area contributed by atoms with E-state index in [1.807, 2.05) is 0 Å². The first-order valence-electron chi connectivity index (χ1n) is 25.7. The van der Waals surface area contributed by atoms with Crippen LogP contribution in [0.15, 0.2) is 90.7 Å². The number of hydrogen-bond donors (Lipinski definition) is 7. The molecule has 0 radical (unpaired) electrons. The van der Waals surface area contributed by atoms with Gasteiger partial charge in [0.05, 0.1) is 31.6 Å². The zero-order valence-corrected chi connectivity index (χ0v) is 48.2. The fourth-order valence-electron chi connectivity index (χ4n) is 9.01. The molecule has 7 N–H and O–H groups in total. The number of aromatic amines is 1. The van der Waals surface area contributed by atoms with E-state index in [2.05, 4.69) is 62.5 Å². The molecular weight excluding hydrogens is 1170 g/mol. The second-order valence-electron chi connectivity index (χ2n) is 20.7. The third kappa shape index (κ3) is 14.4. The Hall–Kier alpha value is -7.72. The lowest BCUT2D eigenvalue weighted by molar-refractivity contribution is -0.126. The third-order valence-electron chi connectivity index (χ3n) is 13.0. The lowest BCUT2D eigenvalue weighted by Crippen LogP contribution is -2.52. The first kappa shape index (κ1) is 60.9. The number of alkyl carbamates (subject to hydrolysis) is 1. The molecule has 448 valence electrons. The predicted octanol–water partition coefficient (Wildman–Crippen LogP) is 3.27. The van der Waals surface area contributed by atoms with Gasteiger partial charge in [-0.3, -0.25) is 43.1 Å². The highest BCUT2D eigenvalue weighted by Crippen LogP contribution is 2.50. The van der Waals surface area contributed by atoms with E-state index in [0.29, 0.717) is 27.9 Å². The molecule has 34 heteroatoms. The van der Waals surface area contributed by atoms with Crippen LogP contribution in [0, 0.1) is 0 Å². The third-order valence-corrected chi connectivity index (χ3v) is 15.6. The van der Waals surface area contributed by atoms with E-state index in [4.69, 9.17) is 44.0 Å². The Morgan fingerprint density at radius 3 is 2.45 bits per heavy atom. The molecule has 3 saturated heterocycles. The minimum atomic E-state index is -4.73. The molecule has 30 nitrogen and oxygen atoms in total. The summed E-state index contributed by atoms with van der Waals surface area (Å²) in [6, 6.07) is 10.5. The van der Waals surface area contributed by atoms with Crippen molar-refractivity contribution in [2.45, 2.75) is 115 Å². The van der Waals surface area contributed by atoms with Gasteiger partial charge in [0.25, 0.3) is 11.5 Å². The van der Waals surface area contributed by atoms with Gasteiger partial charge in [-0.05, 0) is 81.3 Å². The topological polar surface area (TPSA) is 375 Å². The summed E-state index contributed by atoms with van der Waals surface area (Å²) in [5.74, 6) is -2.34. The Morgan fingerprint density at radius 2 is 1.71 bits per heavy atom. The number of hydrogen-bond acceptors (Lipinski definition) is 21. The van der Waals surface area contributed by atoms with E-state index < -0.39 is 126 Å². The van der Waals surface area contributed by atoms with Gasteiger partial charge in [-0.2, -0.15) is 18.1 Å². The van der Waals surface area contributed by atoms with Crippen molar-refractivity contribution in [3.63, 3.8) is 0 Å². The van der Waals surface area contributed by atoms with Crippen LogP contribution in [0.1, 0.15) is 75.0 Å². The summed E-state index contributed by atoms with van der Waals surface area (Å²) in [4.78, 5) is 115. The summed E-state index contributed by atoms with van der Waals surface area (Å²) in [7, 11) is -3.28. The van der Waals surface area contributed by atoms with Gasteiger partial charge in [0.15, 0.2) is 35.4 Å². The number of H-pyrrole nitrogens is 1. The van der Waals surface area contributed by atoms with Crippen LogP contribution in [-0.4, -0.2) is 156 Å². The summed E-state index contributed by atoms with van der Waals surface area (Å²) < 4.78 is 88.1. The number of nitrogens with zero attached hydrogens (tertiary/aromatic N) is 8. The fraction of sp³-hybridized carbons (Fsp3) is 0.420. The largest absolute Gasteiger partial charge is 0.445 e. The van der Waals surface area contributed by atoms with Crippen molar-refractivity contribution in [3.8, 4) is 0 Å². The molecule has 3 fully saturated rings. The first-order valence-corrected chi connectivity index (χ1v) is 29.7. The molecule has 7 heterocycles. The number of fused-ring (bicyclic) bond motifs is 5. The van der Waals surface area contributed by atoms with Gasteiger partial charge >= 0.3 is 29.2 Å². The van der Waals surface area contributed by atoms with Gasteiger partial charge in [0.2, 0.25) is 17.8 Å². The highest BCUT2D eigenvalue weighted by atomic mass is 32.5. The number of alkyl halides is 1. The highest BCUT2D eigenvalue weighted by Gasteiger charge is 2.51. The quantitative estimate of drug-likeness (QED) is 0.0608. The first-order chi connectivity index (χ1) is 39.7. The number of aromatic nitrogens is 8. The second-order valence-corrected chi connectivity index (χ2v) is 24.8. The van der Waals surface area contributed by atoms with E-state index in [9.17, 15) is 42.1 Å². The zero-order valence-electron chi connectivity index (χ0n) is 45.7. The standard InChI is InChI=1S/C50H58FN14O16PS2/c1-25(2)36(59-48(70)79-50(4,5)6)43(68)57-26(3)41(66)58-29-14-12-27(13-15-29)20-75-49(71)63(7)19-28-10-8-9-11-31(28)42(67)61-47-60-40-37(44(69)62-47)55-24-65(40)45-33-16-30(77-45)21-76-82(72,83)80-38-34(18-56-84(73,74)81-33)78-46(35(38)51)64-23-54-32-17-52-22-53-39(32)64/h8-15,17,22-24,26,30,33-36,38,45-46,56H,1,16,18-21H2,2-7H3,(H,57,68)(H,58,66)(H,59,70)(H,72,83)(H2,60,61,62,67,69)/t26-,30-,33+,34+,35+,36-,38+,45+,46+,82?/m0/s1. The van der Waals surface area contributed by atoms with E-state index in [-0.39, 0.29) is 47.9 Å². The molecule has 5 amide bonds. The molecule has 84 heavy (non-hydrogen) atoms. The Bertz CT molecular complexity index is 3730. The molecule has 10 atom stereocenters. The van der Waals surface area contributed by atoms with Crippen LogP contribution in [0.25, 0.3) is 22.3 Å². The maximum Gasteiger partial charge on any atom is 0.410 e. The Balaban J connectivity index is 0.810. The molecule has 4 aromatic heterocycles. The number of ether oxygens (including phenoxy) is 4. The second kappa shape index (κ2) is 24.9. The Kier molecular flexibility index (Phi) is 18.0. The van der Waals surface area contributed by atoms with Gasteiger partial charge in [-0.15, -0.1) is 0 Å². The van der Waals surface area contributed by atoms with Crippen molar-refractivity contribution in [2.24, 2.45) is 0 Å². The number of carbonyl (C=O) groups is 5. The lowest BCUT2D eigenvalue weighted by Gasteiger charge is -2.26. The van der Waals surface area contributed by atoms with Gasteiger partial charge in [0, 0.05) is 37.8 Å². The number of amides is 5. The van der Waals surface area contributed by atoms with Gasteiger partial charge < -0.3 is 49.2 Å². The molecular formula is C50H58FN14O16PS2. The van der Waals surface area contributed by atoms with E-state index in [0.717, 1.165) is 6.33 Å². The van der Waals surface area contributed by atoms with Crippen molar-refractivity contribution < 1.29 is 73.9 Å². The van der Waals surface area contributed by atoms with Crippen molar-refractivity contribution in [1.82, 2.24) is 59.3 Å². The molecule has 0 aliphatic carbocycles. The molecule has 0 spiro atoms. The van der Waals surface area contributed by atoms with Gasteiger partial charge in [0.1, 0.15) is 54.4 Å². The summed E-state index contributed by atoms with van der Waals surface area (Å²) in [6.07, 6.45) is -7.09. The average Bonchev–Trinajstić information content (AvgIpc) is 3.97. The van der Waals surface area contributed by atoms with Crippen molar-refractivity contribution in [2.75, 3.05) is 30.8 Å². The fourth-order valence-corrected chi connectivity index (χ4v) is 11.4. The van der Waals surface area contributed by atoms with Crippen LogP contribution in [-0.2, 0) is 77.0 Å². The van der Waals surface area contributed by atoms with Crippen molar-refractivity contribution >= 4 is 92.7 Å². The normalized spacial score (nSPS) is 24.0. The number of nitrogens with one attached hydrogen (secondary N) is 6. The number of halogens is 1. The van der Waals surface area contributed by atoms with Gasteiger partial charge in [-0.1, -0.05) is 36.9 Å².